The van der Waals surface area contributed by atoms with E-state index in [2.05, 4.69) is 23.5 Å². The number of benzene rings is 2. The monoisotopic (exact) mass is 341 g/mol. The molecular formula is C21H24FNO2. The molecule has 3 nitrogen and oxygen atoms in total. The lowest BCUT2D eigenvalue weighted by Gasteiger charge is -2.21. The summed E-state index contributed by atoms with van der Waals surface area (Å²) < 4.78 is 18.8. The largest absolute Gasteiger partial charge is 0.481 e. The summed E-state index contributed by atoms with van der Waals surface area (Å²) in [4.78, 5) is 12.2. The Morgan fingerprint density at radius 2 is 1.92 bits per heavy atom. The summed E-state index contributed by atoms with van der Waals surface area (Å²) >= 11 is 0. The standard InChI is InChI=1S/C21H24FNO2/c1-2-19(17-12-11-15-7-3-4-8-16(15)13-17)23-21(24)14-25-20-10-6-5-9-18(20)22/h5-6,9-13,19H,2-4,7-8,14H2,1H3,(H,23,24)/t19-/m1/s1. The zero-order valence-corrected chi connectivity index (χ0v) is 14.6. The molecule has 0 spiro atoms. The molecule has 0 radical (unpaired) electrons. The highest BCUT2D eigenvalue weighted by molar-refractivity contribution is 5.78. The number of halogens is 1. The van der Waals surface area contributed by atoms with Crippen molar-refractivity contribution in [3.8, 4) is 5.75 Å². The SMILES string of the molecule is CC[C@@H](NC(=O)COc1ccccc1F)c1ccc2c(c1)CCCC2. The van der Waals surface area contributed by atoms with Gasteiger partial charge in [-0.2, -0.15) is 0 Å². The predicted octanol–water partition coefficient (Wildman–Crippen LogP) is 4.35. The zero-order valence-electron chi connectivity index (χ0n) is 14.6. The highest BCUT2D eigenvalue weighted by Gasteiger charge is 2.16. The Kier molecular flexibility index (Phi) is 5.69. The van der Waals surface area contributed by atoms with Crippen LogP contribution in [0.2, 0.25) is 0 Å². The van der Waals surface area contributed by atoms with E-state index in [-0.39, 0.29) is 24.3 Å². The van der Waals surface area contributed by atoms with Crippen LogP contribution in [0, 0.1) is 5.82 Å². The summed E-state index contributed by atoms with van der Waals surface area (Å²) in [6, 6.07) is 12.6. The van der Waals surface area contributed by atoms with E-state index in [0.717, 1.165) is 24.8 Å². The molecule has 132 valence electrons. The first kappa shape index (κ1) is 17.5. The normalized spacial score (nSPS) is 14.5. The lowest BCUT2D eigenvalue weighted by molar-refractivity contribution is -0.123. The Morgan fingerprint density at radius 1 is 1.16 bits per heavy atom. The van der Waals surface area contributed by atoms with Gasteiger partial charge < -0.3 is 10.1 Å². The molecule has 0 bridgehead atoms. The van der Waals surface area contributed by atoms with Crippen molar-refractivity contribution in [1.82, 2.24) is 5.32 Å². The van der Waals surface area contributed by atoms with Gasteiger partial charge in [0.15, 0.2) is 18.2 Å². The zero-order chi connectivity index (χ0) is 17.6. The number of carbonyl (C=O) groups excluding carboxylic acids is 1. The number of fused-ring (bicyclic) bond motifs is 1. The highest BCUT2D eigenvalue weighted by atomic mass is 19.1. The Bertz CT molecular complexity index is 744. The number of nitrogens with one attached hydrogen (secondary N) is 1. The van der Waals surface area contributed by atoms with E-state index in [1.165, 1.54) is 36.1 Å². The van der Waals surface area contributed by atoms with Gasteiger partial charge in [0.2, 0.25) is 0 Å². The maximum Gasteiger partial charge on any atom is 0.258 e. The van der Waals surface area contributed by atoms with E-state index in [9.17, 15) is 9.18 Å². The summed E-state index contributed by atoms with van der Waals surface area (Å²) in [6.07, 6.45) is 5.55. The Labute approximate surface area is 148 Å². The number of hydrogen-bond acceptors (Lipinski definition) is 2. The second-order valence-electron chi connectivity index (χ2n) is 6.48. The van der Waals surface area contributed by atoms with Gasteiger partial charge in [0, 0.05) is 0 Å². The first-order valence-corrected chi connectivity index (χ1v) is 8.95. The minimum absolute atomic E-state index is 0.0519. The van der Waals surface area contributed by atoms with Crippen LogP contribution >= 0.6 is 0 Å². The van der Waals surface area contributed by atoms with Crippen molar-refractivity contribution >= 4 is 5.91 Å². The average Bonchev–Trinajstić information content (AvgIpc) is 2.65. The Morgan fingerprint density at radius 3 is 2.68 bits per heavy atom. The summed E-state index contributed by atoms with van der Waals surface area (Å²) in [6.45, 7) is 1.85. The van der Waals surface area contributed by atoms with Crippen LogP contribution in [-0.4, -0.2) is 12.5 Å². The van der Waals surface area contributed by atoms with E-state index in [4.69, 9.17) is 4.74 Å². The molecule has 0 unspecified atom stereocenters. The van der Waals surface area contributed by atoms with Crippen molar-refractivity contribution in [2.45, 2.75) is 45.1 Å². The topological polar surface area (TPSA) is 38.3 Å². The second kappa shape index (κ2) is 8.15. The molecule has 0 saturated carbocycles. The van der Waals surface area contributed by atoms with E-state index in [1.54, 1.807) is 12.1 Å². The lowest BCUT2D eigenvalue weighted by Crippen LogP contribution is -2.32. The van der Waals surface area contributed by atoms with Crippen LogP contribution in [0.25, 0.3) is 0 Å². The molecule has 0 saturated heterocycles. The average molecular weight is 341 g/mol. The van der Waals surface area contributed by atoms with Crippen molar-refractivity contribution in [2.75, 3.05) is 6.61 Å². The molecule has 0 aliphatic heterocycles. The molecular weight excluding hydrogens is 317 g/mol. The number of ether oxygens (including phenoxy) is 1. The molecule has 4 heteroatoms. The Hall–Kier alpha value is -2.36. The maximum atomic E-state index is 13.5. The highest BCUT2D eigenvalue weighted by Crippen LogP contribution is 2.26. The van der Waals surface area contributed by atoms with Gasteiger partial charge in [0.05, 0.1) is 6.04 Å². The molecule has 25 heavy (non-hydrogen) atoms. The van der Waals surface area contributed by atoms with Crippen LogP contribution < -0.4 is 10.1 Å². The fourth-order valence-corrected chi connectivity index (χ4v) is 3.33. The van der Waals surface area contributed by atoms with Crippen LogP contribution in [0.3, 0.4) is 0 Å². The number of rotatable bonds is 6. The quantitative estimate of drug-likeness (QED) is 0.848. The fraction of sp³-hybridized carbons (Fsp3) is 0.381. The fourth-order valence-electron chi connectivity index (χ4n) is 3.33. The summed E-state index contributed by atoms with van der Waals surface area (Å²) in [7, 11) is 0. The van der Waals surface area contributed by atoms with Crippen LogP contribution in [0.5, 0.6) is 5.75 Å². The van der Waals surface area contributed by atoms with Gasteiger partial charge in [-0.15, -0.1) is 0 Å². The van der Waals surface area contributed by atoms with Crippen molar-refractivity contribution in [1.29, 1.82) is 0 Å². The van der Waals surface area contributed by atoms with Gasteiger partial charge >= 0.3 is 0 Å². The third kappa shape index (κ3) is 4.38. The van der Waals surface area contributed by atoms with Crippen LogP contribution in [-0.2, 0) is 17.6 Å². The molecule has 0 fully saturated rings. The molecule has 1 aliphatic rings. The number of hydrogen-bond donors (Lipinski definition) is 1. The number of aryl methyl sites for hydroxylation is 2. The second-order valence-corrected chi connectivity index (χ2v) is 6.48. The van der Waals surface area contributed by atoms with E-state index >= 15 is 0 Å². The van der Waals surface area contributed by atoms with Gasteiger partial charge in [-0.3, -0.25) is 4.79 Å². The van der Waals surface area contributed by atoms with Gasteiger partial charge in [0.1, 0.15) is 0 Å². The van der Waals surface area contributed by atoms with Crippen molar-refractivity contribution in [3.05, 3.63) is 65.0 Å². The number of para-hydroxylation sites is 1. The maximum absolute atomic E-state index is 13.5. The number of amides is 1. The molecule has 1 amide bonds. The third-order valence-corrected chi connectivity index (χ3v) is 4.71. The summed E-state index contributed by atoms with van der Waals surface area (Å²) in [5, 5.41) is 2.99. The summed E-state index contributed by atoms with van der Waals surface area (Å²) in [5.41, 5.74) is 3.96. The first-order chi connectivity index (χ1) is 12.2. The Balaban J connectivity index is 1.61. The molecule has 2 aromatic rings. The molecule has 0 heterocycles. The van der Waals surface area contributed by atoms with Crippen molar-refractivity contribution in [2.24, 2.45) is 0 Å². The molecule has 0 aromatic heterocycles. The van der Waals surface area contributed by atoms with E-state index < -0.39 is 5.82 Å². The molecule has 2 aromatic carbocycles. The van der Waals surface area contributed by atoms with Crippen molar-refractivity contribution < 1.29 is 13.9 Å². The lowest BCUT2D eigenvalue weighted by atomic mass is 9.89. The first-order valence-electron chi connectivity index (χ1n) is 8.95. The van der Waals surface area contributed by atoms with Crippen LogP contribution in [0.1, 0.15) is 48.9 Å². The number of carbonyl (C=O) groups is 1. The van der Waals surface area contributed by atoms with E-state index in [1.807, 2.05) is 6.92 Å². The minimum Gasteiger partial charge on any atom is -0.481 e. The molecule has 1 aliphatic carbocycles. The molecule has 1 N–H and O–H groups in total. The van der Waals surface area contributed by atoms with Gasteiger partial charge in [-0.25, -0.2) is 4.39 Å². The minimum atomic E-state index is -0.461. The van der Waals surface area contributed by atoms with Crippen LogP contribution in [0.4, 0.5) is 4.39 Å². The molecule has 3 rings (SSSR count). The third-order valence-electron chi connectivity index (χ3n) is 4.71. The summed E-state index contributed by atoms with van der Waals surface area (Å²) in [5.74, 6) is -0.607. The van der Waals surface area contributed by atoms with Gasteiger partial charge in [0.25, 0.3) is 5.91 Å². The van der Waals surface area contributed by atoms with Gasteiger partial charge in [-0.1, -0.05) is 37.3 Å². The van der Waals surface area contributed by atoms with Gasteiger partial charge in [-0.05, 0) is 60.9 Å². The predicted molar refractivity (Wildman–Crippen MR) is 96.2 cm³/mol. The van der Waals surface area contributed by atoms with Crippen molar-refractivity contribution in [3.63, 3.8) is 0 Å². The van der Waals surface area contributed by atoms with Crippen LogP contribution in [0.15, 0.2) is 42.5 Å². The smallest absolute Gasteiger partial charge is 0.258 e. The van der Waals surface area contributed by atoms with E-state index in [0.29, 0.717) is 0 Å². The molecule has 1 atom stereocenters.